The molecule has 1 heterocycles. The number of carbonyl (C=O) groups excluding carboxylic acids is 2. The molecule has 0 spiro atoms. The zero-order chi connectivity index (χ0) is 21.5. The lowest BCUT2D eigenvalue weighted by molar-refractivity contribution is -0.116. The van der Waals surface area contributed by atoms with E-state index >= 15 is 0 Å². The Hall–Kier alpha value is -3.52. The third-order valence-corrected chi connectivity index (χ3v) is 5.20. The first-order chi connectivity index (χ1) is 14.5. The molecule has 2 aromatic carbocycles. The molecule has 7 nitrogen and oxygen atoms in total. The monoisotopic (exact) mass is 425 g/mol. The molecular weight excluding hydrogens is 402 g/mol. The van der Waals surface area contributed by atoms with Crippen LogP contribution in [0.1, 0.15) is 16.6 Å². The molecule has 30 heavy (non-hydrogen) atoms. The first-order valence-corrected chi connectivity index (χ1v) is 10.1. The van der Waals surface area contributed by atoms with E-state index in [4.69, 9.17) is 9.47 Å². The average Bonchev–Trinajstić information content (AvgIpc) is 3.30. The molecule has 0 saturated heterocycles. The Labute approximate surface area is 179 Å². The van der Waals surface area contributed by atoms with Gasteiger partial charge in [-0.1, -0.05) is 6.07 Å². The number of rotatable bonds is 8. The van der Waals surface area contributed by atoms with Gasteiger partial charge in [-0.15, -0.1) is 11.3 Å². The zero-order valence-electron chi connectivity index (χ0n) is 16.9. The molecule has 3 aromatic rings. The number of anilines is 3. The van der Waals surface area contributed by atoms with Gasteiger partial charge in [0.2, 0.25) is 5.91 Å². The second kappa shape index (κ2) is 9.80. The van der Waals surface area contributed by atoms with Crippen LogP contribution in [-0.4, -0.2) is 32.1 Å². The lowest BCUT2D eigenvalue weighted by Gasteiger charge is -2.17. The molecule has 3 rings (SSSR count). The predicted octanol–water partition coefficient (Wildman–Crippen LogP) is 4.46. The largest absolute Gasteiger partial charge is 0.497 e. The fourth-order valence-corrected chi connectivity index (χ4v) is 3.34. The van der Waals surface area contributed by atoms with Gasteiger partial charge in [0.1, 0.15) is 17.5 Å². The summed E-state index contributed by atoms with van der Waals surface area (Å²) in [7, 11) is 3.10. The van der Waals surface area contributed by atoms with E-state index < -0.39 is 6.04 Å². The van der Waals surface area contributed by atoms with Gasteiger partial charge < -0.3 is 25.4 Å². The summed E-state index contributed by atoms with van der Waals surface area (Å²) in [5.41, 5.74) is 1.96. The molecule has 3 N–H and O–H groups in total. The van der Waals surface area contributed by atoms with Crippen LogP contribution in [0.15, 0.2) is 60.0 Å². The minimum absolute atomic E-state index is 0.148. The molecule has 8 heteroatoms. The second-order valence-electron chi connectivity index (χ2n) is 6.43. The third kappa shape index (κ3) is 5.30. The lowest BCUT2D eigenvalue weighted by Crippen LogP contribution is -2.32. The molecule has 156 valence electrons. The molecular formula is C22H23N3O4S. The van der Waals surface area contributed by atoms with Gasteiger partial charge >= 0.3 is 0 Å². The van der Waals surface area contributed by atoms with E-state index in [0.29, 0.717) is 27.8 Å². The highest BCUT2D eigenvalue weighted by Gasteiger charge is 2.16. The number of nitrogens with one attached hydrogen (secondary N) is 3. The molecule has 0 radical (unpaired) electrons. The van der Waals surface area contributed by atoms with E-state index in [1.165, 1.54) is 18.4 Å². The zero-order valence-corrected chi connectivity index (χ0v) is 17.7. The number of ether oxygens (including phenoxy) is 2. The van der Waals surface area contributed by atoms with Crippen LogP contribution in [0.3, 0.4) is 0 Å². The first kappa shape index (κ1) is 21.2. The number of thiophene rings is 1. The Morgan fingerprint density at radius 1 is 0.933 bits per heavy atom. The normalized spacial score (nSPS) is 11.3. The molecule has 1 aromatic heterocycles. The summed E-state index contributed by atoms with van der Waals surface area (Å²) in [5, 5.41) is 10.7. The number of amides is 2. The summed E-state index contributed by atoms with van der Waals surface area (Å²) in [6.45, 7) is 1.76. The molecule has 0 fully saturated rings. The van der Waals surface area contributed by atoms with Crippen molar-refractivity contribution in [2.45, 2.75) is 13.0 Å². The lowest BCUT2D eigenvalue weighted by atomic mass is 10.2. The molecule has 0 aliphatic heterocycles. The SMILES string of the molecule is COc1ccc(OC)c(NC(=O)C(C)Nc2ccc(NC(=O)c3cccs3)cc2)c1. The van der Waals surface area contributed by atoms with Crippen LogP contribution < -0.4 is 25.4 Å². The maximum atomic E-state index is 12.6. The molecule has 0 saturated carbocycles. The van der Waals surface area contributed by atoms with Crippen LogP contribution >= 0.6 is 11.3 Å². The van der Waals surface area contributed by atoms with Gasteiger partial charge in [0.05, 0.1) is 24.8 Å². The van der Waals surface area contributed by atoms with E-state index in [2.05, 4.69) is 16.0 Å². The maximum Gasteiger partial charge on any atom is 0.265 e. The molecule has 0 aliphatic carbocycles. The van der Waals surface area contributed by atoms with Crippen molar-refractivity contribution in [2.75, 3.05) is 30.2 Å². The van der Waals surface area contributed by atoms with Gasteiger partial charge in [-0.2, -0.15) is 0 Å². The highest BCUT2D eigenvalue weighted by Crippen LogP contribution is 2.29. The van der Waals surface area contributed by atoms with Crippen LogP contribution in [0.5, 0.6) is 11.5 Å². The van der Waals surface area contributed by atoms with Crippen molar-refractivity contribution in [2.24, 2.45) is 0 Å². The van der Waals surface area contributed by atoms with E-state index in [9.17, 15) is 9.59 Å². The van der Waals surface area contributed by atoms with Crippen LogP contribution in [0.25, 0.3) is 0 Å². The van der Waals surface area contributed by atoms with Crippen molar-refractivity contribution in [3.05, 3.63) is 64.9 Å². The summed E-state index contributed by atoms with van der Waals surface area (Å²) in [4.78, 5) is 25.4. The number of benzene rings is 2. The van der Waals surface area contributed by atoms with Gasteiger partial charge in [0, 0.05) is 17.4 Å². The van der Waals surface area contributed by atoms with Crippen molar-refractivity contribution in [1.29, 1.82) is 0 Å². The van der Waals surface area contributed by atoms with E-state index in [1.807, 2.05) is 11.4 Å². The maximum absolute atomic E-state index is 12.6. The standard InChI is InChI=1S/C22H23N3O4S/c1-14(21(26)25-18-13-17(28-2)10-11-19(18)29-3)23-15-6-8-16(9-7-15)24-22(27)20-5-4-12-30-20/h4-14,23H,1-3H3,(H,24,27)(H,25,26). The smallest absolute Gasteiger partial charge is 0.265 e. The second-order valence-corrected chi connectivity index (χ2v) is 7.38. The Morgan fingerprint density at radius 2 is 1.67 bits per heavy atom. The van der Waals surface area contributed by atoms with Gasteiger partial charge in [0.15, 0.2) is 0 Å². The first-order valence-electron chi connectivity index (χ1n) is 9.24. The van der Waals surface area contributed by atoms with E-state index in [0.717, 1.165) is 5.69 Å². The topological polar surface area (TPSA) is 88.7 Å². The van der Waals surface area contributed by atoms with Crippen LogP contribution in [-0.2, 0) is 4.79 Å². The van der Waals surface area contributed by atoms with Crippen LogP contribution in [0, 0.1) is 0 Å². The predicted molar refractivity (Wildman–Crippen MR) is 120 cm³/mol. The average molecular weight is 426 g/mol. The van der Waals surface area contributed by atoms with E-state index in [-0.39, 0.29) is 11.8 Å². The van der Waals surface area contributed by atoms with Crippen molar-refractivity contribution < 1.29 is 19.1 Å². The third-order valence-electron chi connectivity index (χ3n) is 4.33. The fraction of sp³-hybridized carbons (Fsp3) is 0.182. The fourth-order valence-electron chi connectivity index (χ4n) is 2.72. The van der Waals surface area contributed by atoms with E-state index in [1.54, 1.807) is 62.6 Å². The van der Waals surface area contributed by atoms with Gasteiger partial charge in [0.25, 0.3) is 5.91 Å². The number of hydrogen-bond acceptors (Lipinski definition) is 6. The minimum Gasteiger partial charge on any atom is -0.497 e. The van der Waals surface area contributed by atoms with Crippen LogP contribution in [0.2, 0.25) is 0 Å². The van der Waals surface area contributed by atoms with Crippen LogP contribution in [0.4, 0.5) is 17.1 Å². The molecule has 1 atom stereocenters. The summed E-state index contributed by atoms with van der Waals surface area (Å²) in [6.07, 6.45) is 0. The Balaban J connectivity index is 1.59. The van der Waals surface area contributed by atoms with Gasteiger partial charge in [-0.05, 0) is 54.8 Å². The Morgan fingerprint density at radius 3 is 2.30 bits per heavy atom. The highest BCUT2D eigenvalue weighted by atomic mass is 32.1. The quantitative estimate of drug-likeness (QED) is 0.496. The highest BCUT2D eigenvalue weighted by molar-refractivity contribution is 7.12. The van der Waals surface area contributed by atoms with Crippen molar-refractivity contribution in [3.8, 4) is 11.5 Å². The van der Waals surface area contributed by atoms with Gasteiger partial charge in [-0.3, -0.25) is 9.59 Å². The molecule has 0 aliphatic rings. The Bertz CT molecular complexity index is 1000. The summed E-state index contributed by atoms with van der Waals surface area (Å²) in [5.74, 6) is 0.788. The summed E-state index contributed by atoms with van der Waals surface area (Å²) >= 11 is 1.38. The number of hydrogen-bond donors (Lipinski definition) is 3. The summed E-state index contributed by atoms with van der Waals surface area (Å²) in [6, 6.07) is 15.5. The van der Waals surface area contributed by atoms with Crippen molar-refractivity contribution >= 4 is 40.2 Å². The molecule has 0 bridgehead atoms. The molecule has 2 amide bonds. The van der Waals surface area contributed by atoms with Crippen molar-refractivity contribution in [3.63, 3.8) is 0 Å². The Kier molecular flexibility index (Phi) is 6.92. The number of carbonyl (C=O) groups is 2. The minimum atomic E-state index is -0.507. The van der Waals surface area contributed by atoms with Crippen molar-refractivity contribution in [1.82, 2.24) is 0 Å². The van der Waals surface area contributed by atoms with Gasteiger partial charge in [-0.25, -0.2) is 0 Å². The number of methoxy groups -OCH3 is 2. The molecule has 1 unspecified atom stereocenters. The summed E-state index contributed by atoms with van der Waals surface area (Å²) < 4.78 is 10.5.